The second kappa shape index (κ2) is 6.38. The van der Waals surface area contributed by atoms with Crippen LogP contribution in [0.25, 0.3) is 0 Å². The van der Waals surface area contributed by atoms with Gasteiger partial charge in [-0.2, -0.15) is 0 Å². The first-order chi connectivity index (χ1) is 5.18. The zero-order valence-electron chi connectivity index (χ0n) is 7.86. The van der Waals surface area contributed by atoms with Crippen molar-refractivity contribution >= 4 is 0 Å². The third kappa shape index (κ3) is 6.08. The van der Waals surface area contributed by atoms with Crippen LogP contribution in [0.4, 0.5) is 4.39 Å². The van der Waals surface area contributed by atoms with Crippen LogP contribution in [0.15, 0.2) is 11.6 Å². The normalized spacial score (nSPS) is 12.6. The Bertz CT molecular complexity index is 114. The van der Waals surface area contributed by atoms with Gasteiger partial charge in [0, 0.05) is 0 Å². The van der Waals surface area contributed by atoms with E-state index >= 15 is 0 Å². The summed E-state index contributed by atoms with van der Waals surface area (Å²) >= 11 is 0. The first kappa shape index (κ1) is 10.7. The van der Waals surface area contributed by atoms with Crippen LogP contribution in [0.5, 0.6) is 0 Å². The van der Waals surface area contributed by atoms with Gasteiger partial charge in [0.25, 0.3) is 0 Å². The van der Waals surface area contributed by atoms with Gasteiger partial charge in [0.15, 0.2) is 0 Å². The Morgan fingerprint density at radius 2 is 2.00 bits per heavy atom. The summed E-state index contributed by atoms with van der Waals surface area (Å²) in [5, 5.41) is 0. The van der Waals surface area contributed by atoms with E-state index in [1.165, 1.54) is 5.57 Å². The molecule has 0 heterocycles. The van der Waals surface area contributed by atoms with Gasteiger partial charge in [-0.05, 0) is 32.1 Å². The summed E-state index contributed by atoms with van der Waals surface area (Å²) in [6.07, 6.45) is 4.96. The van der Waals surface area contributed by atoms with Crippen LogP contribution in [-0.2, 0) is 0 Å². The van der Waals surface area contributed by atoms with Gasteiger partial charge in [-0.1, -0.05) is 25.5 Å². The number of hydrogen-bond donors (Lipinski definition) is 0. The lowest BCUT2D eigenvalue weighted by molar-refractivity contribution is 0.463. The molecule has 0 fully saturated rings. The maximum atomic E-state index is 11.7. The number of rotatable bonds is 5. The Morgan fingerprint density at radius 1 is 1.36 bits per heavy atom. The van der Waals surface area contributed by atoms with Gasteiger partial charge >= 0.3 is 0 Å². The Balaban J connectivity index is 3.40. The van der Waals surface area contributed by atoms with Crippen LogP contribution in [-0.4, -0.2) is 6.67 Å². The highest BCUT2D eigenvalue weighted by molar-refractivity contribution is 5.00. The van der Waals surface area contributed by atoms with E-state index in [-0.39, 0.29) is 6.67 Å². The standard InChI is InChI=1S/C10H19F/c1-9(2)10(3)7-5-4-6-8-11/h7,9H,4-6,8H2,1-3H3/b10-7-. The fourth-order valence-electron chi connectivity index (χ4n) is 0.804. The topological polar surface area (TPSA) is 0 Å². The van der Waals surface area contributed by atoms with Crippen molar-refractivity contribution in [2.45, 2.75) is 40.0 Å². The molecule has 0 bridgehead atoms. The molecule has 0 saturated heterocycles. The lowest BCUT2D eigenvalue weighted by Crippen LogP contribution is -1.88. The van der Waals surface area contributed by atoms with Crippen molar-refractivity contribution in [1.82, 2.24) is 0 Å². The molecule has 0 aliphatic heterocycles. The van der Waals surface area contributed by atoms with Gasteiger partial charge in [0.2, 0.25) is 0 Å². The van der Waals surface area contributed by atoms with Crippen molar-refractivity contribution in [2.75, 3.05) is 6.67 Å². The molecule has 0 unspecified atom stereocenters. The lowest BCUT2D eigenvalue weighted by Gasteiger charge is -2.03. The van der Waals surface area contributed by atoms with Crippen LogP contribution in [0.2, 0.25) is 0 Å². The summed E-state index contributed by atoms with van der Waals surface area (Å²) in [4.78, 5) is 0. The van der Waals surface area contributed by atoms with Crippen molar-refractivity contribution < 1.29 is 4.39 Å². The molecule has 0 spiro atoms. The van der Waals surface area contributed by atoms with Crippen molar-refractivity contribution in [3.63, 3.8) is 0 Å². The quantitative estimate of drug-likeness (QED) is 0.422. The smallest absolute Gasteiger partial charge is 0.0894 e. The summed E-state index contributed by atoms with van der Waals surface area (Å²) in [6, 6.07) is 0. The van der Waals surface area contributed by atoms with E-state index < -0.39 is 0 Å². The van der Waals surface area contributed by atoms with Gasteiger partial charge in [-0.15, -0.1) is 0 Å². The molecule has 0 aromatic heterocycles. The molecule has 66 valence electrons. The van der Waals surface area contributed by atoms with Crippen molar-refractivity contribution in [3.05, 3.63) is 11.6 Å². The molecule has 11 heavy (non-hydrogen) atoms. The third-order valence-electron chi connectivity index (χ3n) is 1.96. The Hall–Kier alpha value is -0.330. The average Bonchev–Trinajstić information content (AvgIpc) is 1.97. The molecule has 0 aliphatic carbocycles. The molecule has 0 rings (SSSR count). The molecule has 0 aliphatic rings. The average molecular weight is 158 g/mol. The fraction of sp³-hybridized carbons (Fsp3) is 0.800. The number of allylic oxidation sites excluding steroid dienone is 2. The molecule has 1 heteroatoms. The van der Waals surface area contributed by atoms with E-state index in [9.17, 15) is 4.39 Å². The monoisotopic (exact) mass is 158 g/mol. The van der Waals surface area contributed by atoms with Crippen LogP contribution >= 0.6 is 0 Å². The molecule has 0 saturated carbocycles. The first-order valence-electron chi connectivity index (χ1n) is 4.41. The van der Waals surface area contributed by atoms with Gasteiger partial charge < -0.3 is 0 Å². The van der Waals surface area contributed by atoms with E-state index in [4.69, 9.17) is 0 Å². The van der Waals surface area contributed by atoms with E-state index in [0.29, 0.717) is 12.3 Å². The molecule has 0 atom stereocenters. The van der Waals surface area contributed by atoms with Crippen molar-refractivity contribution in [2.24, 2.45) is 5.92 Å². The van der Waals surface area contributed by atoms with Gasteiger partial charge in [-0.3, -0.25) is 4.39 Å². The second-order valence-corrected chi connectivity index (χ2v) is 3.29. The van der Waals surface area contributed by atoms with E-state index in [0.717, 1.165) is 12.8 Å². The van der Waals surface area contributed by atoms with Crippen LogP contribution in [0.3, 0.4) is 0 Å². The lowest BCUT2D eigenvalue weighted by atomic mass is 10.0. The molecule has 0 amide bonds. The Morgan fingerprint density at radius 3 is 2.45 bits per heavy atom. The predicted molar refractivity (Wildman–Crippen MR) is 48.4 cm³/mol. The molecule has 0 aromatic rings. The number of hydrogen-bond acceptors (Lipinski definition) is 0. The highest BCUT2D eigenvalue weighted by Crippen LogP contribution is 2.10. The zero-order chi connectivity index (χ0) is 8.69. The maximum absolute atomic E-state index is 11.7. The highest BCUT2D eigenvalue weighted by Gasteiger charge is 1.94. The third-order valence-corrected chi connectivity index (χ3v) is 1.96. The van der Waals surface area contributed by atoms with Crippen LogP contribution in [0, 0.1) is 5.92 Å². The highest BCUT2D eigenvalue weighted by atomic mass is 19.1. The Labute approximate surface area is 69.5 Å². The van der Waals surface area contributed by atoms with Gasteiger partial charge in [-0.25, -0.2) is 0 Å². The van der Waals surface area contributed by atoms with E-state index in [1.807, 2.05) is 0 Å². The van der Waals surface area contributed by atoms with E-state index in [2.05, 4.69) is 26.8 Å². The summed E-state index contributed by atoms with van der Waals surface area (Å²) in [7, 11) is 0. The minimum absolute atomic E-state index is 0.172. The molecule has 0 nitrogen and oxygen atoms in total. The van der Waals surface area contributed by atoms with Gasteiger partial charge in [0.05, 0.1) is 6.67 Å². The Kier molecular flexibility index (Phi) is 6.19. The SMILES string of the molecule is C/C(=C/CCCCF)C(C)C. The zero-order valence-corrected chi connectivity index (χ0v) is 7.86. The number of unbranched alkanes of at least 4 members (excludes halogenated alkanes) is 2. The summed E-state index contributed by atoms with van der Waals surface area (Å²) < 4.78 is 11.7. The maximum Gasteiger partial charge on any atom is 0.0894 e. The molecular formula is C10H19F. The molecule has 0 radical (unpaired) electrons. The van der Waals surface area contributed by atoms with Crippen LogP contribution in [0.1, 0.15) is 40.0 Å². The fourth-order valence-corrected chi connectivity index (χ4v) is 0.804. The minimum atomic E-state index is -0.172. The van der Waals surface area contributed by atoms with Crippen molar-refractivity contribution in [3.8, 4) is 0 Å². The summed E-state index contributed by atoms with van der Waals surface area (Å²) in [6.45, 7) is 6.33. The molecule has 0 N–H and O–H groups in total. The molecular weight excluding hydrogens is 139 g/mol. The number of halogens is 1. The van der Waals surface area contributed by atoms with Crippen LogP contribution < -0.4 is 0 Å². The number of alkyl halides is 1. The van der Waals surface area contributed by atoms with E-state index in [1.54, 1.807) is 0 Å². The summed E-state index contributed by atoms with van der Waals surface area (Å²) in [5.41, 5.74) is 1.42. The summed E-state index contributed by atoms with van der Waals surface area (Å²) in [5.74, 6) is 0.639. The first-order valence-corrected chi connectivity index (χ1v) is 4.41. The molecule has 0 aromatic carbocycles. The largest absolute Gasteiger partial charge is 0.251 e. The minimum Gasteiger partial charge on any atom is -0.251 e. The van der Waals surface area contributed by atoms with Gasteiger partial charge in [0.1, 0.15) is 0 Å². The predicted octanol–water partition coefficient (Wildman–Crippen LogP) is 3.73. The van der Waals surface area contributed by atoms with Crippen molar-refractivity contribution in [1.29, 1.82) is 0 Å². The second-order valence-electron chi connectivity index (χ2n) is 3.29.